The Kier molecular flexibility index (Phi) is 5.73. The van der Waals surface area contributed by atoms with E-state index in [9.17, 15) is 13.2 Å². The van der Waals surface area contributed by atoms with E-state index in [0.717, 1.165) is 23.3 Å². The minimum atomic E-state index is -3.70. The first kappa shape index (κ1) is 20.1. The van der Waals surface area contributed by atoms with Crippen molar-refractivity contribution in [2.24, 2.45) is 0 Å². The van der Waals surface area contributed by atoms with Crippen molar-refractivity contribution < 1.29 is 17.6 Å². The van der Waals surface area contributed by atoms with Gasteiger partial charge in [0.05, 0.1) is 0 Å². The summed E-state index contributed by atoms with van der Waals surface area (Å²) in [5.41, 5.74) is 0.971. The Morgan fingerprint density at radius 2 is 1.97 bits per heavy atom. The van der Waals surface area contributed by atoms with Gasteiger partial charge in [0.15, 0.2) is 10.9 Å². The molecule has 1 aliphatic rings. The van der Waals surface area contributed by atoms with Gasteiger partial charge < -0.3 is 4.42 Å². The summed E-state index contributed by atoms with van der Waals surface area (Å²) < 4.78 is 31.7. The Bertz CT molecular complexity index is 1130. The molecule has 1 N–H and O–H groups in total. The van der Waals surface area contributed by atoms with Crippen molar-refractivity contribution in [3.8, 4) is 0 Å². The van der Waals surface area contributed by atoms with Gasteiger partial charge in [0.2, 0.25) is 5.09 Å². The lowest BCUT2D eigenvalue weighted by molar-refractivity contribution is 0.0991. The second kappa shape index (κ2) is 8.27. The van der Waals surface area contributed by atoms with Gasteiger partial charge in [0.25, 0.3) is 15.9 Å². The number of anilines is 1. The Balaban J connectivity index is 1.43. The predicted molar refractivity (Wildman–Crippen MR) is 111 cm³/mol. The molecular formula is C19H18ClN3O4S2. The molecule has 29 heavy (non-hydrogen) atoms. The Hall–Kier alpha value is -2.20. The highest BCUT2D eigenvalue weighted by Gasteiger charge is 2.30. The summed E-state index contributed by atoms with van der Waals surface area (Å²) in [6.07, 6.45) is 3.93. The number of carbonyl (C=O) groups is 1. The molecule has 1 aromatic carbocycles. The number of aromatic nitrogens is 1. The van der Waals surface area contributed by atoms with Crippen LogP contribution in [-0.4, -0.2) is 36.7 Å². The zero-order valence-corrected chi connectivity index (χ0v) is 17.7. The topological polar surface area (TPSA) is 92.5 Å². The van der Waals surface area contributed by atoms with Gasteiger partial charge in [-0.3, -0.25) is 10.1 Å². The minimum absolute atomic E-state index is 0.0781. The number of carbonyl (C=O) groups excluding carboxylic acids is 1. The number of halogens is 1. The van der Waals surface area contributed by atoms with Crippen LogP contribution in [0.25, 0.3) is 0 Å². The number of sulfonamides is 1. The summed E-state index contributed by atoms with van der Waals surface area (Å²) in [5, 5.41) is 3.50. The summed E-state index contributed by atoms with van der Waals surface area (Å²) in [4.78, 5) is 17.6. The lowest BCUT2D eigenvalue weighted by Gasteiger charge is -2.12. The number of thiazole rings is 1. The first-order valence-electron chi connectivity index (χ1n) is 9.03. The Morgan fingerprint density at radius 1 is 1.21 bits per heavy atom. The molecule has 3 heterocycles. The molecular weight excluding hydrogens is 434 g/mol. The summed E-state index contributed by atoms with van der Waals surface area (Å²) in [5.74, 6) is -0.628. The lowest BCUT2D eigenvalue weighted by Crippen LogP contribution is -2.27. The summed E-state index contributed by atoms with van der Waals surface area (Å²) in [7, 11) is -3.70. The van der Waals surface area contributed by atoms with Crippen LogP contribution < -0.4 is 5.32 Å². The highest BCUT2D eigenvalue weighted by Crippen LogP contribution is 2.26. The number of amides is 1. The van der Waals surface area contributed by atoms with Crippen molar-refractivity contribution in [1.82, 2.24) is 9.29 Å². The summed E-state index contributed by atoms with van der Waals surface area (Å²) >= 11 is 7.50. The van der Waals surface area contributed by atoms with Crippen LogP contribution in [0.2, 0.25) is 5.02 Å². The molecule has 0 unspecified atom stereocenters. The van der Waals surface area contributed by atoms with Gasteiger partial charge in [0, 0.05) is 35.6 Å². The van der Waals surface area contributed by atoms with Crippen LogP contribution in [0.1, 0.15) is 33.8 Å². The quantitative estimate of drug-likeness (QED) is 0.611. The number of nitrogens with zero attached hydrogens (tertiary/aromatic N) is 2. The monoisotopic (exact) mass is 451 g/mol. The van der Waals surface area contributed by atoms with Crippen molar-refractivity contribution in [3.63, 3.8) is 0 Å². The molecule has 1 saturated heterocycles. The molecule has 1 fully saturated rings. The predicted octanol–water partition coefficient (Wildman–Crippen LogP) is 4.02. The standard InChI is InChI=1S/C19H18ClN3O4S2/c20-15-6-2-1-5-13(15)11-14-12-21-19(28-14)22-18(24)16-7-8-17(27-16)29(25,26)23-9-3-4-10-23/h1-2,5-8,12H,3-4,9-11H2,(H,21,22,24). The van der Waals surface area contributed by atoms with Crippen LogP contribution in [0.4, 0.5) is 5.13 Å². The molecule has 3 aromatic rings. The molecule has 0 atom stereocenters. The van der Waals surface area contributed by atoms with E-state index in [4.69, 9.17) is 16.0 Å². The third-order valence-corrected chi connectivity index (χ3v) is 7.62. The van der Waals surface area contributed by atoms with Gasteiger partial charge in [-0.05, 0) is 36.6 Å². The minimum Gasteiger partial charge on any atom is -0.438 e. The zero-order valence-electron chi connectivity index (χ0n) is 15.3. The maximum atomic E-state index is 12.5. The fraction of sp³-hybridized carbons (Fsp3) is 0.263. The van der Waals surface area contributed by atoms with Crippen molar-refractivity contribution >= 4 is 44.0 Å². The molecule has 0 aliphatic carbocycles. The van der Waals surface area contributed by atoms with Crippen LogP contribution in [0, 0.1) is 0 Å². The average Bonchev–Trinajstić information content (AvgIpc) is 3.46. The van der Waals surface area contributed by atoms with Gasteiger partial charge in [-0.25, -0.2) is 13.4 Å². The molecule has 0 bridgehead atoms. The van der Waals surface area contributed by atoms with E-state index in [1.165, 1.54) is 27.8 Å². The average molecular weight is 452 g/mol. The number of nitrogens with one attached hydrogen (secondary N) is 1. The molecule has 1 amide bonds. The van der Waals surface area contributed by atoms with E-state index in [-0.39, 0.29) is 10.9 Å². The van der Waals surface area contributed by atoms with Crippen molar-refractivity contribution in [3.05, 3.63) is 63.8 Å². The van der Waals surface area contributed by atoms with Crippen molar-refractivity contribution in [2.45, 2.75) is 24.4 Å². The van der Waals surface area contributed by atoms with Gasteiger partial charge in [-0.1, -0.05) is 29.8 Å². The fourth-order valence-electron chi connectivity index (χ4n) is 3.07. The molecule has 1 aliphatic heterocycles. The maximum absolute atomic E-state index is 12.5. The molecule has 0 spiro atoms. The van der Waals surface area contributed by atoms with Gasteiger partial charge in [-0.2, -0.15) is 4.31 Å². The Labute approximate surface area is 177 Å². The van der Waals surface area contributed by atoms with Crippen LogP contribution in [-0.2, 0) is 16.4 Å². The smallest absolute Gasteiger partial charge is 0.293 e. The zero-order chi connectivity index (χ0) is 20.4. The van der Waals surface area contributed by atoms with Crippen LogP contribution in [0.15, 0.2) is 52.1 Å². The summed E-state index contributed by atoms with van der Waals surface area (Å²) in [6, 6.07) is 10.2. The second-order valence-corrected chi connectivity index (χ2v) is 9.98. The summed E-state index contributed by atoms with van der Waals surface area (Å²) in [6.45, 7) is 0.940. The first-order valence-corrected chi connectivity index (χ1v) is 11.7. The normalized spacial score (nSPS) is 14.9. The van der Waals surface area contributed by atoms with E-state index >= 15 is 0 Å². The number of hydrogen-bond acceptors (Lipinski definition) is 6. The number of hydrogen-bond donors (Lipinski definition) is 1. The van der Waals surface area contributed by atoms with Crippen LogP contribution in [0.3, 0.4) is 0 Å². The van der Waals surface area contributed by atoms with Crippen LogP contribution >= 0.6 is 22.9 Å². The van der Waals surface area contributed by atoms with E-state index in [1.54, 1.807) is 6.20 Å². The third kappa shape index (κ3) is 4.37. The fourth-order valence-corrected chi connectivity index (χ4v) is 5.53. The molecule has 152 valence electrons. The molecule has 10 heteroatoms. The van der Waals surface area contributed by atoms with E-state index in [1.807, 2.05) is 24.3 Å². The number of furan rings is 1. The van der Waals surface area contributed by atoms with Crippen LogP contribution in [0.5, 0.6) is 0 Å². The van der Waals surface area contributed by atoms with E-state index < -0.39 is 15.9 Å². The highest BCUT2D eigenvalue weighted by molar-refractivity contribution is 7.89. The van der Waals surface area contributed by atoms with E-state index in [2.05, 4.69) is 10.3 Å². The number of benzene rings is 1. The first-order chi connectivity index (χ1) is 13.9. The van der Waals surface area contributed by atoms with Gasteiger partial charge in [0.1, 0.15) is 0 Å². The molecule has 7 nitrogen and oxygen atoms in total. The SMILES string of the molecule is O=C(Nc1ncc(Cc2ccccc2Cl)s1)c1ccc(S(=O)(=O)N2CCCC2)o1. The van der Waals surface area contributed by atoms with Gasteiger partial charge >= 0.3 is 0 Å². The maximum Gasteiger partial charge on any atom is 0.293 e. The Morgan fingerprint density at radius 3 is 2.72 bits per heavy atom. The lowest BCUT2D eigenvalue weighted by atomic mass is 10.1. The van der Waals surface area contributed by atoms with Gasteiger partial charge in [-0.15, -0.1) is 11.3 Å². The molecule has 2 aromatic heterocycles. The third-order valence-electron chi connectivity index (χ3n) is 4.56. The molecule has 0 saturated carbocycles. The van der Waals surface area contributed by atoms with E-state index in [0.29, 0.717) is 29.7 Å². The second-order valence-electron chi connectivity index (χ2n) is 6.58. The largest absolute Gasteiger partial charge is 0.438 e. The highest BCUT2D eigenvalue weighted by atomic mass is 35.5. The van der Waals surface area contributed by atoms with Crippen molar-refractivity contribution in [2.75, 3.05) is 18.4 Å². The molecule has 4 rings (SSSR count). The number of rotatable bonds is 6. The molecule has 0 radical (unpaired) electrons. The van der Waals surface area contributed by atoms with Crippen molar-refractivity contribution in [1.29, 1.82) is 0 Å².